The van der Waals surface area contributed by atoms with Crippen molar-refractivity contribution in [3.8, 4) is 0 Å². The van der Waals surface area contributed by atoms with Gasteiger partial charge in [-0.25, -0.2) is 12.8 Å². The van der Waals surface area contributed by atoms with E-state index in [4.69, 9.17) is 15.4 Å². The van der Waals surface area contributed by atoms with Crippen molar-refractivity contribution in [2.24, 2.45) is 11.3 Å². The van der Waals surface area contributed by atoms with Crippen molar-refractivity contribution < 1.29 is 17.5 Å². The molecule has 0 heterocycles. The lowest BCUT2D eigenvalue weighted by Gasteiger charge is -2.29. The van der Waals surface area contributed by atoms with E-state index in [1.165, 1.54) is 6.07 Å². The van der Waals surface area contributed by atoms with Crippen molar-refractivity contribution in [1.29, 1.82) is 0 Å². The Kier molecular flexibility index (Phi) is 5.98. The number of rotatable bonds is 6. The van der Waals surface area contributed by atoms with Gasteiger partial charge in [0.1, 0.15) is 5.82 Å². The Morgan fingerprint density at radius 3 is 2.40 bits per heavy atom. The highest BCUT2D eigenvalue weighted by atomic mass is 35.7. The minimum Gasteiger partial charge on any atom is -0.376 e. The number of hydrogen-bond donors (Lipinski definition) is 0. The van der Waals surface area contributed by atoms with Crippen LogP contribution in [0, 0.1) is 17.2 Å². The molecule has 0 bridgehead atoms. The number of ether oxygens (including phenoxy) is 1. The van der Waals surface area contributed by atoms with Gasteiger partial charge in [-0.15, -0.1) is 0 Å². The van der Waals surface area contributed by atoms with Gasteiger partial charge in [0, 0.05) is 22.2 Å². The number of benzene rings is 1. The molecule has 0 radical (unpaired) electrons. The molecule has 1 unspecified atom stereocenters. The highest BCUT2D eigenvalue weighted by Gasteiger charge is 2.29. The van der Waals surface area contributed by atoms with E-state index in [9.17, 15) is 12.8 Å². The summed E-state index contributed by atoms with van der Waals surface area (Å²) in [5.74, 6) is -0.739. The third kappa shape index (κ3) is 6.20. The fourth-order valence-corrected chi connectivity index (χ4v) is 3.25. The third-order valence-corrected chi connectivity index (χ3v) is 4.34. The second-order valence-electron chi connectivity index (χ2n) is 5.87. The van der Waals surface area contributed by atoms with Crippen LogP contribution >= 0.6 is 10.7 Å². The van der Waals surface area contributed by atoms with Gasteiger partial charge in [0.2, 0.25) is 9.05 Å². The molecular formula is C14H20ClFO3S. The molecule has 0 aliphatic rings. The zero-order chi connectivity index (χ0) is 15.4. The summed E-state index contributed by atoms with van der Waals surface area (Å²) in [5, 5.41) is 0. The van der Waals surface area contributed by atoms with E-state index in [-0.39, 0.29) is 36.1 Å². The van der Waals surface area contributed by atoms with Crippen LogP contribution in [0.2, 0.25) is 0 Å². The molecule has 6 heteroatoms. The van der Waals surface area contributed by atoms with Crippen LogP contribution in [-0.2, 0) is 20.4 Å². The van der Waals surface area contributed by atoms with E-state index in [0.29, 0.717) is 5.56 Å². The molecule has 114 valence electrons. The molecule has 1 aromatic rings. The van der Waals surface area contributed by atoms with Crippen molar-refractivity contribution in [3.63, 3.8) is 0 Å². The van der Waals surface area contributed by atoms with Gasteiger partial charge in [-0.2, -0.15) is 0 Å². The first-order chi connectivity index (χ1) is 9.09. The Morgan fingerprint density at radius 1 is 1.30 bits per heavy atom. The summed E-state index contributed by atoms with van der Waals surface area (Å²) < 4.78 is 41.3. The van der Waals surface area contributed by atoms with E-state index in [2.05, 4.69) is 0 Å². The largest absolute Gasteiger partial charge is 0.376 e. The van der Waals surface area contributed by atoms with Crippen LogP contribution in [0.3, 0.4) is 0 Å². The highest BCUT2D eigenvalue weighted by Crippen LogP contribution is 2.28. The maximum Gasteiger partial charge on any atom is 0.232 e. The van der Waals surface area contributed by atoms with Crippen LogP contribution < -0.4 is 0 Å². The maximum absolute atomic E-state index is 13.4. The van der Waals surface area contributed by atoms with Gasteiger partial charge in [-0.05, 0) is 11.5 Å². The average molecular weight is 323 g/mol. The van der Waals surface area contributed by atoms with Crippen molar-refractivity contribution in [2.45, 2.75) is 27.4 Å². The summed E-state index contributed by atoms with van der Waals surface area (Å²) in [7, 11) is 1.72. The van der Waals surface area contributed by atoms with Gasteiger partial charge >= 0.3 is 0 Å². The molecule has 1 atom stereocenters. The first kappa shape index (κ1) is 17.4. The first-order valence-corrected chi connectivity index (χ1v) is 8.81. The summed E-state index contributed by atoms with van der Waals surface area (Å²) >= 11 is 0. The van der Waals surface area contributed by atoms with Crippen LogP contribution in [-0.4, -0.2) is 20.8 Å². The summed E-state index contributed by atoms with van der Waals surface area (Å²) in [6, 6.07) is 6.34. The molecular weight excluding hydrogens is 303 g/mol. The Hall–Kier alpha value is -0.650. The van der Waals surface area contributed by atoms with E-state index in [0.717, 1.165) is 0 Å². The molecule has 0 amide bonds. The van der Waals surface area contributed by atoms with Gasteiger partial charge in [-0.3, -0.25) is 0 Å². The van der Waals surface area contributed by atoms with Crippen molar-refractivity contribution in [1.82, 2.24) is 0 Å². The first-order valence-electron chi connectivity index (χ1n) is 6.33. The molecule has 0 saturated heterocycles. The SMILES string of the molecule is CC(C)(C)C(COCc1ccccc1F)CS(=O)(=O)Cl. The van der Waals surface area contributed by atoms with Crippen molar-refractivity contribution >= 4 is 19.7 Å². The van der Waals surface area contributed by atoms with Crippen LogP contribution in [0.5, 0.6) is 0 Å². The highest BCUT2D eigenvalue weighted by molar-refractivity contribution is 8.13. The van der Waals surface area contributed by atoms with Gasteiger partial charge in [0.15, 0.2) is 0 Å². The summed E-state index contributed by atoms with van der Waals surface area (Å²) in [6.07, 6.45) is 0. The van der Waals surface area contributed by atoms with E-state index in [1.807, 2.05) is 20.8 Å². The third-order valence-electron chi connectivity index (χ3n) is 3.16. The van der Waals surface area contributed by atoms with Crippen molar-refractivity contribution in [3.05, 3.63) is 35.6 Å². The Labute approximate surface area is 124 Å². The van der Waals surface area contributed by atoms with Gasteiger partial charge < -0.3 is 4.74 Å². The van der Waals surface area contributed by atoms with Crippen LogP contribution in [0.1, 0.15) is 26.3 Å². The van der Waals surface area contributed by atoms with E-state index >= 15 is 0 Å². The molecule has 20 heavy (non-hydrogen) atoms. The predicted molar refractivity (Wildman–Crippen MR) is 78.6 cm³/mol. The zero-order valence-corrected chi connectivity index (χ0v) is 13.5. The molecule has 0 aliphatic carbocycles. The monoisotopic (exact) mass is 322 g/mol. The normalized spacial score (nSPS) is 14.2. The van der Waals surface area contributed by atoms with Gasteiger partial charge in [0.05, 0.1) is 19.0 Å². The molecule has 0 N–H and O–H groups in total. The molecule has 0 aromatic heterocycles. The average Bonchev–Trinajstić information content (AvgIpc) is 2.27. The molecule has 3 nitrogen and oxygen atoms in total. The fraction of sp³-hybridized carbons (Fsp3) is 0.571. The Morgan fingerprint density at radius 2 is 1.90 bits per heavy atom. The molecule has 1 aromatic carbocycles. The summed E-state index contributed by atoms with van der Waals surface area (Å²) in [5.41, 5.74) is 0.186. The molecule has 0 saturated carbocycles. The summed E-state index contributed by atoms with van der Waals surface area (Å²) in [4.78, 5) is 0. The lowest BCUT2D eigenvalue weighted by molar-refractivity contribution is 0.0540. The minimum atomic E-state index is -3.59. The minimum absolute atomic E-state index is 0.113. The van der Waals surface area contributed by atoms with Crippen LogP contribution in [0.15, 0.2) is 24.3 Å². The molecule has 0 spiro atoms. The molecule has 0 aliphatic heterocycles. The number of halogens is 2. The second kappa shape index (κ2) is 6.87. The predicted octanol–water partition coefficient (Wildman–Crippen LogP) is 3.57. The standard InChI is InChI=1S/C14H20ClFO3S/c1-14(2,3)12(10-20(15,17)18)9-19-8-11-6-4-5-7-13(11)16/h4-7,12H,8-10H2,1-3H3. The van der Waals surface area contributed by atoms with Crippen molar-refractivity contribution in [2.75, 3.05) is 12.4 Å². The summed E-state index contributed by atoms with van der Waals surface area (Å²) in [6.45, 7) is 6.09. The lowest BCUT2D eigenvalue weighted by Crippen LogP contribution is -2.30. The maximum atomic E-state index is 13.4. The fourth-order valence-electron chi connectivity index (χ4n) is 1.72. The zero-order valence-electron chi connectivity index (χ0n) is 11.9. The van der Waals surface area contributed by atoms with E-state index < -0.39 is 9.05 Å². The molecule has 0 fully saturated rings. The van der Waals surface area contributed by atoms with Gasteiger partial charge in [-0.1, -0.05) is 39.0 Å². The van der Waals surface area contributed by atoms with Gasteiger partial charge in [0.25, 0.3) is 0 Å². The van der Waals surface area contributed by atoms with E-state index in [1.54, 1.807) is 18.2 Å². The Balaban J connectivity index is 2.62. The Bertz CT molecular complexity index is 538. The van der Waals surface area contributed by atoms with Crippen LogP contribution in [0.25, 0.3) is 0 Å². The van der Waals surface area contributed by atoms with Crippen LogP contribution in [0.4, 0.5) is 4.39 Å². The lowest BCUT2D eigenvalue weighted by atomic mass is 9.82. The molecule has 1 rings (SSSR count). The topological polar surface area (TPSA) is 43.4 Å². The quantitative estimate of drug-likeness (QED) is 0.752. The smallest absolute Gasteiger partial charge is 0.232 e. The second-order valence-corrected chi connectivity index (χ2v) is 8.70. The number of hydrogen-bond acceptors (Lipinski definition) is 3.